The molecule has 0 amide bonds. The molecule has 0 saturated carbocycles. The normalized spacial score (nSPS) is 14.7. The minimum absolute atomic E-state index is 0.0297. The molecule has 0 aliphatic carbocycles. The lowest BCUT2D eigenvalue weighted by atomic mass is 9.77. The summed E-state index contributed by atoms with van der Waals surface area (Å²) >= 11 is 0. The molecule has 358 valence electrons. The van der Waals surface area contributed by atoms with Crippen LogP contribution in [0.2, 0.25) is 0 Å². The Morgan fingerprint density at radius 2 is 0.938 bits per heavy atom. The molecule has 2 aliphatic heterocycles. The zero-order chi connectivity index (χ0) is 46.1. The fourth-order valence-corrected chi connectivity index (χ4v) is 9.57. The lowest BCUT2D eigenvalue weighted by Crippen LogP contribution is -2.34. The molecule has 5 rings (SSSR count). The van der Waals surface area contributed by atoms with Gasteiger partial charge in [-0.15, -0.1) is 0 Å². The standard InChI is InChI=1S/C56H80O9/c1-3-5-7-9-11-13-15-17-19-21-23-25-27-29-31-37-50(59)63-53-47(58)42-49-52(54(53)64-51(60)38-32-30-28-26-24-22-20-18-16-14-12-10-8-6-4-2)56(46-40-39-43(57)41-48(46)62-49)45-36-34-33-35-44(45)55(61)65-56/h33-36,39-42,57-58H,3-32,37-38H2,1-2H3. The average Bonchev–Trinajstić information content (AvgIpc) is 3.58. The van der Waals surface area contributed by atoms with E-state index in [0.29, 0.717) is 29.5 Å². The molecule has 2 aliphatic rings. The molecular weight excluding hydrogens is 817 g/mol. The van der Waals surface area contributed by atoms with Gasteiger partial charge in [-0.05, 0) is 31.0 Å². The summed E-state index contributed by atoms with van der Waals surface area (Å²) in [7, 11) is 0. The molecule has 9 nitrogen and oxygen atoms in total. The number of phenolic OH excluding ortho intramolecular Hbond substituents is 2. The first-order chi connectivity index (χ1) is 31.8. The number of hydrogen-bond donors (Lipinski definition) is 2. The van der Waals surface area contributed by atoms with E-state index < -0.39 is 29.3 Å². The molecule has 1 atom stereocenters. The molecule has 0 saturated heterocycles. The van der Waals surface area contributed by atoms with Gasteiger partial charge in [-0.25, -0.2) is 4.79 Å². The van der Waals surface area contributed by atoms with E-state index in [0.717, 1.165) is 38.5 Å². The van der Waals surface area contributed by atoms with Gasteiger partial charge in [0.05, 0.1) is 11.1 Å². The summed E-state index contributed by atoms with van der Waals surface area (Å²) in [6, 6.07) is 12.7. The Bertz CT molecular complexity index is 1920. The second-order valence-electron chi connectivity index (χ2n) is 18.7. The number of carbonyl (C=O) groups excluding carboxylic acids is 3. The second-order valence-corrected chi connectivity index (χ2v) is 18.7. The predicted molar refractivity (Wildman–Crippen MR) is 258 cm³/mol. The molecular formula is C56H80O9. The van der Waals surface area contributed by atoms with Crippen molar-refractivity contribution in [2.75, 3.05) is 0 Å². The summed E-state index contributed by atoms with van der Waals surface area (Å²) in [5, 5.41) is 22.0. The number of fused-ring (bicyclic) bond motifs is 6. The van der Waals surface area contributed by atoms with Crippen LogP contribution < -0.4 is 14.2 Å². The largest absolute Gasteiger partial charge is 0.508 e. The van der Waals surface area contributed by atoms with Crippen LogP contribution in [-0.4, -0.2) is 28.1 Å². The quantitative estimate of drug-likeness (QED) is 0.0342. The van der Waals surface area contributed by atoms with Crippen molar-refractivity contribution in [3.8, 4) is 34.5 Å². The first-order valence-electron chi connectivity index (χ1n) is 26.0. The van der Waals surface area contributed by atoms with Gasteiger partial charge in [0.15, 0.2) is 17.1 Å². The molecule has 0 bridgehead atoms. The van der Waals surface area contributed by atoms with Gasteiger partial charge in [-0.1, -0.05) is 212 Å². The Balaban J connectivity index is 1.19. The first-order valence-corrected chi connectivity index (χ1v) is 26.0. The highest BCUT2D eigenvalue weighted by molar-refractivity contribution is 5.97. The molecule has 0 radical (unpaired) electrons. The highest BCUT2D eigenvalue weighted by Crippen LogP contribution is 2.62. The maximum Gasteiger partial charge on any atom is 0.340 e. The minimum atomic E-state index is -1.71. The van der Waals surface area contributed by atoms with Crippen LogP contribution in [0.3, 0.4) is 0 Å². The van der Waals surface area contributed by atoms with Gasteiger partial charge in [-0.2, -0.15) is 0 Å². The van der Waals surface area contributed by atoms with E-state index in [9.17, 15) is 24.6 Å². The smallest absolute Gasteiger partial charge is 0.340 e. The summed E-state index contributed by atoms with van der Waals surface area (Å²) < 4.78 is 24.6. The maximum absolute atomic E-state index is 13.8. The van der Waals surface area contributed by atoms with Crippen LogP contribution in [0.4, 0.5) is 0 Å². The molecule has 2 N–H and O–H groups in total. The van der Waals surface area contributed by atoms with Crippen LogP contribution in [0.15, 0.2) is 48.5 Å². The molecule has 2 heterocycles. The summed E-state index contributed by atoms with van der Waals surface area (Å²) in [4.78, 5) is 40.9. The predicted octanol–water partition coefficient (Wildman–Crippen LogP) is 16.0. The van der Waals surface area contributed by atoms with Gasteiger partial charge in [0.2, 0.25) is 5.75 Å². The topological polar surface area (TPSA) is 129 Å². The summed E-state index contributed by atoms with van der Waals surface area (Å²) in [5.74, 6) is -2.66. The highest BCUT2D eigenvalue weighted by Gasteiger charge is 2.56. The van der Waals surface area contributed by atoms with Crippen molar-refractivity contribution < 1.29 is 43.5 Å². The molecule has 3 aromatic carbocycles. The SMILES string of the molecule is CCCCCCCCCCCCCCCCCC(=O)Oc1c(O)cc2c(c1OC(=O)CCCCCCCCCCCCCCCCC)C1(OC(=O)c3ccccc31)c1ccc(O)cc1O2. The number of esters is 3. The van der Waals surface area contributed by atoms with Crippen molar-refractivity contribution >= 4 is 17.9 Å². The van der Waals surface area contributed by atoms with Gasteiger partial charge in [0, 0.05) is 36.1 Å². The monoisotopic (exact) mass is 897 g/mol. The van der Waals surface area contributed by atoms with E-state index in [4.69, 9.17) is 18.9 Å². The number of carbonyl (C=O) groups is 3. The number of ether oxygens (including phenoxy) is 4. The lowest BCUT2D eigenvalue weighted by Gasteiger charge is -2.37. The number of rotatable bonds is 34. The third kappa shape index (κ3) is 15.5. The van der Waals surface area contributed by atoms with Crippen molar-refractivity contribution in [1.82, 2.24) is 0 Å². The third-order valence-corrected chi connectivity index (χ3v) is 13.3. The number of hydrogen-bond acceptors (Lipinski definition) is 9. The van der Waals surface area contributed by atoms with E-state index in [2.05, 4.69) is 13.8 Å². The number of phenols is 2. The van der Waals surface area contributed by atoms with E-state index in [1.165, 1.54) is 159 Å². The van der Waals surface area contributed by atoms with Crippen molar-refractivity contribution in [1.29, 1.82) is 0 Å². The van der Waals surface area contributed by atoms with Gasteiger partial charge in [0.1, 0.15) is 17.2 Å². The van der Waals surface area contributed by atoms with E-state index in [1.54, 1.807) is 30.3 Å². The maximum atomic E-state index is 13.8. The van der Waals surface area contributed by atoms with Crippen LogP contribution in [-0.2, 0) is 19.9 Å². The fourth-order valence-electron chi connectivity index (χ4n) is 9.57. The van der Waals surface area contributed by atoms with Crippen LogP contribution >= 0.6 is 0 Å². The molecule has 0 fully saturated rings. The Labute approximate surface area is 390 Å². The Morgan fingerprint density at radius 3 is 1.42 bits per heavy atom. The highest BCUT2D eigenvalue weighted by atomic mass is 16.6. The number of aromatic hydroxyl groups is 2. The van der Waals surface area contributed by atoms with E-state index in [-0.39, 0.29) is 47.2 Å². The molecule has 9 heteroatoms. The summed E-state index contributed by atoms with van der Waals surface area (Å²) in [5.41, 5.74) is -0.457. The molecule has 65 heavy (non-hydrogen) atoms. The Hall–Kier alpha value is -4.53. The Kier molecular flexibility index (Phi) is 22.6. The minimum Gasteiger partial charge on any atom is -0.508 e. The van der Waals surface area contributed by atoms with Crippen LogP contribution in [0, 0.1) is 0 Å². The number of unbranched alkanes of at least 4 members (excludes halogenated alkanes) is 28. The van der Waals surface area contributed by atoms with Crippen molar-refractivity contribution in [2.45, 2.75) is 225 Å². The van der Waals surface area contributed by atoms with Crippen LogP contribution in [0.1, 0.15) is 246 Å². The lowest BCUT2D eigenvalue weighted by molar-refractivity contribution is -0.137. The van der Waals surface area contributed by atoms with Gasteiger partial charge in [0.25, 0.3) is 0 Å². The second kappa shape index (κ2) is 28.5. The van der Waals surface area contributed by atoms with E-state index in [1.807, 2.05) is 0 Å². The Morgan fingerprint density at radius 1 is 0.508 bits per heavy atom. The van der Waals surface area contributed by atoms with Gasteiger partial charge in [-0.3, -0.25) is 9.59 Å². The molecule has 1 unspecified atom stereocenters. The molecule has 3 aromatic rings. The third-order valence-electron chi connectivity index (χ3n) is 13.3. The average molecular weight is 897 g/mol. The van der Waals surface area contributed by atoms with Gasteiger partial charge < -0.3 is 29.2 Å². The molecule has 0 aromatic heterocycles. The summed E-state index contributed by atoms with van der Waals surface area (Å²) in [6.45, 7) is 4.51. The van der Waals surface area contributed by atoms with Crippen molar-refractivity contribution in [3.05, 3.63) is 70.8 Å². The van der Waals surface area contributed by atoms with Crippen molar-refractivity contribution in [3.63, 3.8) is 0 Å². The fraction of sp³-hybridized carbons (Fsp3) is 0.625. The summed E-state index contributed by atoms with van der Waals surface area (Å²) in [6.07, 6.45) is 36.3. The van der Waals surface area contributed by atoms with E-state index >= 15 is 0 Å². The van der Waals surface area contributed by atoms with Crippen LogP contribution in [0.5, 0.6) is 34.5 Å². The number of benzene rings is 3. The zero-order valence-corrected chi connectivity index (χ0v) is 40.0. The first kappa shape index (κ1) is 51.5. The van der Waals surface area contributed by atoms with Crippen LogP contribution in [0.25, 0.3) is 0 Å². The zero-order valence-electron chi connectivity index (χ0n) is 40.0. The van der Waals surface area contributed by atoms with Crippen molar-refractivity contribution in [2.24, 2.45) is 0 Å². The molecule has 1 spiro atoms. The van der Waals surface area contributed by atoms with Gasteiger partial charge >= 0.3 is 17.9 Å².